The van der Waals surface area contributed by atoms with Gasteiger partial charge in [0.2, 0.25) is 0 Å². The average Bonchev–Trinajstić information content (AvgIpc) is 3.24. The molecule has 1 saturated heterocycles. The summed E-state index contributed by atoms with van der Waals surface area (Å²) in [5.41, 5.74) is 0. The van der Waals surface area contributed by atoms with Crippen LogP contribution in [0.4, 0.5) is 4.79 Å². The van der Waals surface area contributed by atoms with Gasteiger partial charge < -0.3 is 9.64 Å². The second-order valence-electron chi connectivity index (χ2n) is 4.94. The van der Waals surface area contributed by atoms with Gasteiger partial charge in [0.25, 0.3) is 0 Å². The van der Waals surface area contributed by atoms with Crippen LogP contribution < -0.4 is 4.74 Å². The van der Waals surface area contributed by atoms with E-state index in [0.29, 0.717) is 5.75 Å². The van der Waals surface area contributed by atoms with Crippen molar-refractivity contribution in [2.45, 2.75) is 18.9 Å². The van der Waals surface area contributed by atoms with Crippen LogP contribution in [0.5, 0.6) is 5.75 Å². The summed E-state index contributed by atoms with van der Waals surface area (Å²) < 4.78 is 5.33. The van der Waals surface area contributed by atoms with E-state index in [1.54, 1.807) is 17.0 Å². The smallest absolute Gasteiger partial charge is 0.410 e. The highest BCUT2D eigenvalue weighted by Gasteiger charge is 2.32. The van der Waals surface area contributed by atoms with Crippen LogP contribution in [0, 0.1) is 0 Å². The monoisotopic (exact) mass is 246 g/mol. The maximum absolute atomic E-state index is 11.9. The third-order valence-corrected chi connectivity index (χ3v) is 3.58. The zero-order valence-electron chi connectivity index (χ0n) is 10.4. The van der Waals surface area contributed by atoms with E-state index in [4.69, 9.17) is 4.74 Å². The molecule has 1 aliphatic carbocycles. The molecule has 0 N–H and O–H groups in total. The van der Waals surface area contributed by atoms with Crippen molar-refractivity contribution < 1.29 is 9.53 Å². The number of hydrogen-bond acceptors (Lipinski definition) is 3. The lowest BCUT2D eigenvalue weighted by atomic mass is 10.3. The molecule has 0 spiro atoms. The third-order valence-electron chi connectivity index (χ3n) is 3.58. The molecule has 18 heavy (non-hydrogen) atoms. The van der Waals surface area contributed by atoms with Crippen LogP contribution in [0.3, 0.4) is 0 Å². The molecule has 4 heteroatoms. The summed E-state index contributed by atoms with van der Waals surface area (Å²) in [5.74, 6) is 0.618. The van der Waals surface area contributed by atoms with Crippen molar-refractivity contribution in [1.82, 2.24) is 9.80 Å². The second kappa shape index (κ2) is 4.98. The molecule has 0 aromatic heterocycles. The van der Waals surface area contributed by atoms with Gasteiger partial charge in [0, 0.05) is 32.2 Å². The molecule has 1 aromatic carbocycles. The predicted molar refractivity (Wildman–Crippen MR) is 68.6 cm³/mol. The first-order chi connectivity index (χ1) is 8.83. The first-order valence-electron chi connectivity index (χ1n) is 6.59. The number of carbonyl (C=O) groups excluding carboxylic acids is 1. The molecule has 0 bridgehead atoms. The minimum Gasteiger partial charge on any atom is -0.410 e. The SMILES string of the molecule is O=C(Oc1ccccc1)N1CCN(C2CC2)CC1. The molecule has 1 aliphatic heterocycles. The summed E-state index contributed by atoms with van der Waals surface area (Å²) in [7, 11) is 0. The van der Waals surface area contributed by atoms with E-state index in [-0.39, 0.29) is 6.09 Å². The number of nitrogens with zero attached hydrogens (tertiary/aromatic N) is 2. The number of benzene rings is 1. The van der Waals surface area contributed by atoms with E-state index in [1.165, 1.54) is 12.8 Å². The topological polar surface area (TPSA) is 32.8 Å². The first kappa shape index (κ1) is 11.5. The summed E-state index contributed by atoms with van der Waals surface area (Å²) in [6, 6.07) is 10.0. The van der Waals surface area contributed by atoms with Crippen LogP contribution in [0.25, 0.3) is 0 Å². The predicted octanol–water partition coefficient (Wildman–Crippen LogP) is 1.97. The molecule has 1 saturated carbocycles. The second-order valence-corrected chi connectivity index (χ2v) is 4.94. The van der Waals surface area contributed by atoms with Crippen molar-refractivity contribution in [1.29, 1.82) is 0 Å². The van der Waals surface area contributed by atoms with Crippen LogP contribution in [0.2, 0.25) is 0 Å². The minimum absolute atomic E-state index is 0.225. The van der Waals surface area contributed by atoms with Crippen LogP contribution in [0.15, 0.2) is 30.3 Å². The Bertz CT molecular complexity index is 409. The molecule has 0 radical (unpaired) electrons. The van der Waals surface area contributed by atoms with Crippen LogP contribution >= 0.6 is 0 Å². The average molecular weight is 246 g/mol. The van der Waals surface area contributed by atoms with Gasteiger partial charge in [-0.1, -0.05) is 18.2 Å². The quantitative estimate of drug-likeness (QED) is 0.799. The molecule has 1 aromatic rings. The van der Waals surface area contributed by atoms with Crippen LogP contribution in [-0.2, 0) is 0 Å². The van der Waals surface area contributed by atoms with Gasteiger partial charge in [-0.15, -0.1) is 0 Å². The molecule has 3 rings (SSSR count). The summed E-state index contributed by atoms with van der Waals surface area (Å²) in [6.45, 7) is 3.52. The zero-order chi connectivity index (χ0) is 12.4. The molecular formula is C14H18N2O2. The number of carbonyl (C=O) groups is 1. The number of amides is 1. The lowest BCUT2D eigenvalue weighted by Gasteiger charge is -2.34. The summed E-state index contributed by atoms with van der Waals surface area (Å²) in [6.07, 6.45) is 2.43. The third kappa shape index (κ3) is 2.64. The van der Waals surface area contributed by atoms with E-state index in [0.717, 1.165) is 32.2 Å². The van der Waals surface area contributed by atoms with E-state index >= 15 is 0 Å². The number of rotatable bonds is 2. The summed E-state index contributed by atoms with van der Waals surface area (Å²) >= 11 is 0. The molecular weight excluding hydrogens is 228 g/mol. The molecule has 1 amide bonds. The molecule has 2 fully saturated rings. The van der Waals surface area contributed by atoms with E-state index in [2.05, 4.69) is 4.90 Å². The Hall–Kier alpha value is -1.55. The molecule has 2 aliphatic rings. The van der Waals surface area contributed by atoms with Gasteiger partial charge in [0.05, 0.1) is 0 Å². The highest BCUT2D eigenvalue weighted by Crippen LogP contribution is 2.27. The molecule has 0 atom stereocenters. The van der Waals surface area contributed by atoms with Crippen molar-refractivity contribution >= 4 is 6.09 Å². The Morgan fingerprint density at radius 2 is 1.72 bits per heavy atom. The lowest BCUT2D eigenvalue weighted by molar-refractivity contribution is 0.107. The normalized spacial score (nSPS) is 20.8. The summed E-state index contributed by atoms with van der Waals surface area (Å²) in [4.78, 5) is 16.2. The number of hydrogen-bond donors (Lipinski definition) is 0. The van der Waals surface area contributed by atoms with Gasteiger partial charge in [-0.05, 0) is 25.0 Å². The fourth-order valence-electron chi connectivity index (χ4n) is 2.36. The van der Waals surface area contributed by atoms with Gasteiger partial charge in [-0.25, -0.2) is 4.79 Å². The van der Waals surface area contributed by atoms with Gasteiger partial charge in [-0.2, -0.15) is 0 Å². The molecule has 4 nitrogen and oxygen atoms in total. The number of piperazine rings is 1. The fraction of sp³-hybridized carbons (Fsp3) is 0.500. The van der Waals surface area contributed by atoms with Gasteiger partial charge in [-0.3, -0.25) is 4.90 Å². The van der Waals surface area contributed by atoms with E-state index in [9.17, 15) is 4.79 Å². The standard InChI is InChI=1S/C14H18N2O2/c17-14(18-13-4-2-1-3-5-13)16-10-8-15(9-11-16)12-6-7-12/h1-5,12H,6-11H2. The van der Waals surface area contributed by atoms with Crippen molar-refractivity contribution in [3.63, 3.8) is 0 Å². The number of para-hydroxylation sites is 1. The Morgan fingerprint density at radius 1 is 1.06 bits per heavy atom. The Kier molecular flexibility index (Phi) is 3.19. The Labute approximate surface area is 107 Å². The van der Waals surface area contributed by atoms with Crippen molar-refractivity contribution in [2.24, 2.45) is 0 Å². The highest BCUT2D eigenvalue weighted by molar-refractivity contribution is 5.70. The van der Waals surface area contributed by atoms with Crippen molar-refractivity contribution in [3.05, 3.63) is 30.3 Å². The molecule has 96 valence electrons. The first-order valence-corrected chi connectivity index (χ1v) is 6.59. The Balaban J connectivity index is 1.51. The van der Waals surface area contributed by atoms with Crippen LogP contribution in [0.1, 0.15) is 12.8 Å². The summed E-state index contributed by atoms with van der Waals surface area (Å²) in [5, 5.41) is 0. The minimum atomic E-state index is -0.225. The van der Waals surface area contributed by atoms with E-state index < -0.39 is 0 Å². The maximum Gasteiger partial charge on any atom is 0.415 e. The van der Waals surface area contributed by atoms with Crippen molar-refractivity contribution in [3.8, 4) is 5.75 Å². The van der Waals surface area contributed by atoms with E-state index in [1.807, 2.05) is 18.2 Å². The van der Waals surface area contributed by atoms with Crippen LogP contribution in [-0.4, -0.2) is 48.1 Å². The van der Waals surface area contributed by atoms with Gasteiger partial charge in [0.15, 0.2) is 0 Å². The zero-order valence-corrected chi connectivity index (χ0v) is 10.4. The van der Waals surface area contributed by atoms with Gasteiger partial charge >= 0.3 is 6.09 Å². The molecule has 0 unspecified atom stereocenters. The highest BCUT2D eigenvalue weighted by atomic mass is 16.6. The lowest BCUT2D eigenvalue weighted by Crippen LogP contribution is -2.50. The fourth-order valence-corrected chi connectivity index (χ4v) is 2.36. The maximum atomic E-state index is 11.9. The van der Waals surface area contributed by atoms with Crippen molar-refractivity contribution in [2.75, 3.05) is 26.2 Å². The largest absolute Gasteiger partial charge is 0.415 e. The number of ether oxygens (including phenoxy) is 1. The van der Waals surface area contributed by atoms with Gasteiger partial charge in [0.1, 0.15) is 5.75 Å². The molecule has 1 heterocycles. The Morgan fingerprint density at radius 3 is 2.33 bits per heavy atom.